The van der Waals surface area contributed by atoms with E-state index in [0.717, 1.165) is 24.8 Å². The maximum atomic E-state index is 13.3. The van der Waals surface area contributed by atoms with Crippen LogP contribution in [0.4, 0.5) is 0 Å². The van der Waals surface area contributed by atoms with Crippen molar-refractivity contribution in [2.24, 2.45) is 0 Å². The van der Waals surface area contributed by atoms with Gasteiger partial charge in [-0.3, -0.25) is 4.79 Å². The lowest BCUT2D eigenvalue weighted by Crippen LogP contribution is -2.38. The van der Waals surface area contributed by atoms with Crippen LogP contribution in [0.5, 0.6) is 11.5 Å². The summed E-state index contributed by atoms with van der Waals surface area (Å²) in [7, 11) is 3.13. The van der Waals surface area contributed by atoms with Crippen LogP contribution in [0.1, 0.15) is 41.6 Å². The summed E-state index contributed by atoms with van der Waals surface area (Å²) in [5, 5.41) is 4.12. The van der Waals surface area contributed by atoms with Gasteiger partial charge in [0.25, 0.3) is 5.91 Å². The first-order valence-corrected chi connectivity index (χ1v) is 9.62. The molecule has 0 aliphatic carbocycles. The van der Waals surface area contributed by atoms with E-state index >= 15 is 0 Å². The van der Waals surface area contributed by atoms with Crippen molar-refractivity contribution in [2.45, 2.75) is 25.3 Å². The van der Waals surface area contributed by atoms with Crippen molar-refractivity contribution < 1.29 is 18.8 Å². The number of amides is 1. The van der Waals surface area contributed by atoms with E-state index in [9.17, 15) is 4.79 Å². The molecule has 3 aromatic rings. The normalized spacial score (nSPS) is 16.5. The van der Waals surface area contributed by atoms with Crippen LogP contribution in [0, 0.1) is 0 Å². The average molecular weight is 393 g/mol. The number of likely N-dealkylation sites (tertiary alicyclic amines) is 1. The van der Waals surface area contributed by atoms with Gasteiger partial charge in [0.1, 0.15) is 17.5 Å². The second kappa shape index (κ2) is 8.34. The molecule has 2 aromatic carbocycles. The standard InChI is InChI=1S/C22H23N3O4/c1-27-17-12-16(13-18(14-17)28-2)22(26)25-11-7-6-10-19(25)21-23-20(24-29-21)15-8-4-3-5-9-15/h3-5,8-9,12-14,19H,6-7,10-11H2,1-2H3/t19-/m1/s1. The van der Waals surface area contributed by atoms with Crippen molar-refractivity contribution in [2.75, 3.05) is 20.8 Å². The number of benzene rings is 2. The zero-order valence-electron chi connectivity index (χ0n) is 16.5. The Morgan fingerprint density at radius 1 is 1.07 bits per heavy atom. The summed E-state index contributed by atoms with van der Waals surface area (Å²) in [5.74, 6) is 2.04. The average Bonchev–Trinajstić information content (AvgIpc) is 3.29. The van der Waals surface area contributed by atoms with E-state index < -0.39 is 0 Å². The molecule has 1 aliphatic heterocycles. The lowest BCUT2D eigenvalue weighted by molar-refractivity contribution is 0.0560. The first kappa shape index (κ1) is 19.0. The molecule has 1 amide bonds. The van der Waals surface area contributed by atoms with Crippen molar-refractivity contribution in [1.29, 1.82) is 0 Å². The third kappa shape index (κ3) is 3.94. The fourth-order valence-electron chi connectivity index (χ4n) is 3.60. The Kier molecular flexibility index (Phi) is 5.46. The van der Waals surface area contributed by atoms with E-state index in [4.69, 9.17) is 14.0 Å². The molecule has 1 aliphatic rings. The molecule has 1 saturated heterocycles. The van der Waals surface area contributed by atoms with E-state index in [-0.39, 0.29) is 11.9 Å². The maximum absolute atomic E-state index is 13.3. The van der Waals surface area contributed by atoms with Crippen molar-refractivity contribution in [3.8, 4) is 22.9 Å². The van der Waals surface area contributed by atoms with Crippen molar-refractivity contribution in [3.05, 3.63) is 60.0 Å². The maximum Gasteiger partial charge on any atom is 0.254 e. The zero-order chi connectivity index (χ0) is 20.2. The van der Waals surface area contributed by atoms with Gasteiger partial charge in [-0.05, 0) is 31.4 Å². The molecular weight excluding hydrogens is 370 g/mol. The molecule has 7 heteroatoms. The molecule has 29 heavy (non-hydrogen) atoms. The van der Waals surface area contributed by atoms with Crippen LogP contribution in [0.25, 0.3) is 11.4 Å². The second-order valence-corrected chi connectivity index (χ2v) is 6.93. The number of hydrogen-bond acceptors (Lipinski definition) is 6. The Hall–Kier alpha value is -3.35. The fraction of sp³-hybridized carbons (Fsp3) is 0.318. The SMILES string of the molecule is COc1cc(OC)cc(C(=O)N2CCCC[C@@H]2c2nc(-c3ccccc3)no2)c1. The van der Waals surface area contributed by atoms with Gasteiger partial charge < -0.3 is 18.9 Å². The highest BCUT2D eigenvalue weighted by atomic mass is 16.5. The largest absolute Gasteiger partial charge is 0.497 e. The topological polar surface area (TPSA) is 77.7 Å². The number of nitrogens with zero attached hydrogens (tertiary/aromatic N) is 3. The number of carbonyl (C=O) groups is 1. The summed E-state index contributed by atoms with van der Waals surface area (Å²) in [5.41, 5.74) is 1.39. The molecule has 2 heterocycles. The number of ether oxygens (including phenoxy) is 2. The highest BCUT2D eigenvalue weighted by Gasteiger charge is 2.33. The minimum absolute atomic E-state index is 0.105. The van der Waals surface area contributed by atoms with Crippen molar-refractivity contribution >= 4 is 5.91 Å². The number of hydrogen-bond donors (Lipinski definition) is 0. The predicted octanol–water partition coefficient (Wildman–Crippen LogP) is 4.12. The quantitative estimate of drug-likeness (QED) is 0.649. The van der Waals surface area contributed by atoms with Crippen LogP contribution < -0.4 is 9.47 Å². The minimum atomic E-state index is -0.251. The molecule has 1 fully saturated rings. The fourth-order valence-corrected chi connectivity index (χ4v) is 3.60. The van der Waals surface area contributed by atoms with Crippen LogP contribution in [0.15, 0.2) is 53.1 Å². The lowest BCUT2D eigenvalue weighted by Gasteiger charge is -2.33. The Morgan fingerprint density at radius 2 is 1.79 bits per heavy atom. The number of carbonyl (C=O) groups excluding carboxylic acids is 1. The molecule has 0 saturated carbocycles. The third-order valence-electron chi connectivity index (χ3n) is 5.12. The van der Waals surface area contributed by atoms with Crippen molar-refractivity contribution in [1.82, 2.24) is 15.0 Å². The van der Waals surface area contributed by atoms with Crippen LogP contribution in [-0.4, -0.2) is 41.7 Å². The summed E-state index contributed by atoms with van der Waals surface area (Å²) < 4.78 is 16.2. The Morgan fingerprint density at radius 3 is 2.48 bits per heavy atom. The first-order chi connectivity index (χ1) is 14.2. The van der Waals surface area contributed by atoms with Gasteiger partial charge in [0.05, 0.1) is 14.2 Å². The Labute approximate surface area is 169 Å². The Bertz CT molecular complexity index is 964. The summed E-state index contributed by atoms with van der Waals surface area (Å²) in [6.07, 6.45) is 2.71. The third-order valence-corrected chi connectivity index (χ3v) is 5.12. The van der Waals surface area contributed by atoms with Gasteiger partial charge in [-0.25, -0.2) is 0 Å². The molecule has 4 rings (SSSR count). The van der Waals surface area contributed by atoms with Crippen LogP contribution in [-0.2, 0) is 0 Å². The molecule has 1 aromatic heterocycles. The highest BCUT2D eigenvalue weighted by Crippen LogP contribution is 2.33. The molecular formula is C22H23N3O4. The van der Waals surface area contributed by atoms with E-state index in [1.807, 2.05) is 30.3 Å². The molecule has 7 nitrogen and oxygen atoms in total. The van der Waals surface area contributed by atoms with E-state index in [2.05, 4.69) is 10.1 Å². The first-order valence-electron chi connectivity index (χ1n) is 9.62. The molecule has 0 spiro atoms. The van der Waals surface area contributed by atoms with Gasteiger partial charge >= 0.3 is 0 Å². The molecule has 1 atom stereocenters. The Balaban J connectivity index is 1.63. The van der Waals surface area contributed by atoms with E-state index in [1.165, 1.54) is 0 Å². The zero-order valence-corrected chi connectivity index (χ0v) is 16.5. The lowest BCUT2D eigenvalue weighted by atomic mass is 10.0. The summed E-state index contributed by atoms with van der Waals surface area (Å²) >= 11 is 0. The highest BCUT2D eigenvalue weighted by molar-refractivity contribution is 5.95. The van der Waals surface area contributed by atoms with Crippen LogP contribution >= 0.6 is 0 Å². The van der Waals surface area contributed by atoms with E-state index in [1.54, 1.807) is 37.3 Å². The van der Waals surface area contributed by atoms with Crippen LogP contribution in [0.3, 0.4) is 0 Å². The molecule has 0 radical (unpaired) electrons. The van der Waals surface area contributed by atoms with Gasteiger partial charge in [-0.15, -0.1) is 0 Å². The summed E-state index contributed by atoms with van der Waals surface area (Å²) in [6, 6.07) is 14.6. The summed E-state index contributed by atoms with van der Waals surface area (Å²) in [4.78, 5) is 19.7. The van der Waals surface area contributed by atoms with Gasteiger partial charge in [0.15, 0.2) is 0 Å². The second-order valence-electron chi connectivity index (χ2n) is 6.93. The summed E-state index contributed by atoms with van der Waals surface area (Å²) in [6.45, 7) is 0.631. The monoisotopic (exact) mass is 393 g/mol. The number of rotatable bonds is 5. The molecule has 0 unspecified atom stereocenters. The minimum Gasteiger partial charge on any atom is -0.497 e. The number of aromatic nitrogens is 2. The van der Waals surface area contributed by atoms with Gasteiger partial charge in [-0.2, -0.15) is 4.98 Å². The number of methoxy groups -OCH3 is 2. The van der Waals surface area contributed by atoms with E-state index in [0.29, 0.717) is 35.3 Å². The van der Waals surface area contributed by atoms with Gasteiger partial charge in [0.2, 0.25) is 11.7 Å². The number of piperidine rings is 1. The van der Waals surface area contributed by atoms with Crippen LogP contribution in [0.2, 0.25) is 0 Å². The van der Waals surface area contributed by atoms with Gasteiger partial charge in [0, 0.05) is 23.7 Å². The van der Waals surface area contributed by atoms with Crippen molar-refractivity contribution in [3.63, 3.8) is 0 Å². The van der Waals surface area contributed by atoms with Gasteiger partial charge in [-0.1, -0.05) is 35.5 Å². The smallest absolute Gasteiger partial charge is 0.254 e. The molecule has 0 bridgehead atoms. The molecule has 150 valence electrons. The predicted molar refractivity (Wildman–Crippen MR) is 107 cm³/mol. The molecule has 0 N–H and O–H groups in total.